The Morgan fingerprint density at radius 1 is 0.842 bits per heavy atom. The Balaban J connectivity index is 1.61. The van der Waals surface area contributed by atoms with Crippen LogP contribution < -0.4 is 0 Å². The Morgan fingerprint density at radius 2 is 1.53 bits per heavy atom. The maximum Gasteiger partial charge on any atom is 0.141 e. The Labute approximate surface area is 224 Å². The number of benzene rings is 4. The van der Waals surface area contributed by atoms with Crippen LogP contribution in [0.5, 0.6) is 0 Å². The molecule has 1 N–H and O–H groups in total. The summed E-state index contributed by atoms with van der Waals surface area (Å²) >= 11 is 6.44. The second kappa shape index (κ2) is 8.82. The topological polar surface area (TPSA) is 81.2 Å². The lowest BCUT2D eigenvalue weighted by Crippen LogP contribution is -2.22. The van der Waals surface area contributed by atoms with E-state index in [1.807, 2.05) is 54.9 Å². The summed E-state index contributed by atoms with van der Waals surface area (Å²) in [5.74, 6) is 7.23. The van der Waals surface area contributed by atoms with E-state index in [2.05, 4.69) is 53.4 Å². The highest BCUT2D eigenvalue weighted by Crippen LogP contribution is 2.38. The van der Waals surface area contributed by atoms with E-state index >= 15 is 0 Å². The molecule has 0 radical (unpaired) electrons. The molecule has 6 rings (SSSR count). The zero-order valence-electron chi connectivity index (χ0n) is 20.7. The van der Waals surface area contributed by atoms with Gasteiger partial charge in [0.25, 0.3) is 0 Å². The van der Waals surface area contributed by atoms with E-state index in [1.165, 1.54) is 0 Å². The van der Waals surface area contributed by atoms with Crippen LogP contribution in [0.3, 0.4) is 0 Å². The highest BCUT2D eigenvalue weighted by molar-refractivity contribution is 6.33. The van der Waals surface area contributed by atoms with E-state index in [9.17, 15) is 10.5 Å². The first-order chi connectivity index (χ1) is 18.4. The third-order valence-corrected chi connectivity index (χ3v) is 7.06. The van der Waals surface area contributed by atoms with Crippen LogP contribution in [0.2, 0.25) is 5.02 Å². The van der Waals surface area contributed by atoms with Crippen molar-refractivity contribution in [1.82, 2.24) is 14.5 Å². The molecule has 0 aliphatic rings. The van der Waals surface area contributed by atoms with Crippen molar-refractivity contribution in [3.8, 4) is 35.4 Å². The average molecular weight is 510 g/mol. The molecule has 2 heterocycles. The highest BCUT2D eigenvalue weighted by Gasteiger charge is 2.19. The molecule has 2 aromatic heterocycles. The molecule has 38 heavy (non-hydrogen) atoms. The fourth-order valence-electron chi connectivity index (χ4n) is 4.88. The predicted molar refractivity (Wildman–Crippen MR) is 152 cm³/mol. The standard InChI is InChI=1S/C32H20ClN5/c1-32(2,38-14-3-4-15-38)13-12-20-8-10-24-26(16-20)27-17-23(33)9-11-25(27)30-29(24)36-31(37-30)28-21(18-34)6-5-7-22(28)19-35/h3-11,14-17H,1-2H3,(H,36,37). The minimum absolute atomic E-state index is 0.362. The third-order valence-electron chi connectivity index (χ3n) is 6.82. The lowest BCUT2D eigenvalue weighted by molar-refractivity contribution is 0.477. The number of H-pyrrole nitrogens is 1. The van der Waals surface area contributed by atoms with Crippen LogP contribution in [-0.4, -0.2) is 14.5 Å². The first-order valence-corrected chi connectivity index (χ1v) is 12.4. The molecular weight excluding hydrogens is 490 g/mol. The number of halogens is 1. The zero-order valence-corrected chi connectivity index (χ0v) is 21.4. The van der Waals surface area contributed by atoms with Gasteiger partial charge in [-0.15, -0.1) is 0 Å². The van der Waals surface area contributed by atoms with Crippen molar-refractivity contribution in [2.24, 2.45) is 0 Å². The van der Waals surface area contributed by atoms with Gasteiger partial charge < -0.3 is 9.55 Å². The summed E-state index contributed by atoms with van der Waals surface area (Å²) in [5.41, 5.74) is 3.39. The quantitative estimate of drug-likeness (QED) is 0.193. The van der Waals surface area contributed by atoms with Crippen molar-refractivity contribution < 1.29 is 0 Å². The van der Waals surface area contributed by atoms with E-state index in [0.29, 0.717) is 27.5 Å². The summed E-state index contributed by atoms with van der Waals surface area (Å²) in [4.78, 5) is 8.32. The van der Waals surface area contributed by atoms with Gasteiger partial charge in [0.15, 0.2) is 0 Å². The molecule has 0 saturated heterocycles. The maximum atomic E-state index is 9.72. The van der Waals surface area contributed by atoms with Crippen molar-refractivity contribution in [3.05, 3.63) is 101 Å². The van der Waals surface area contributed by atoms with Crippen molar-refractivity contribution in [2.75, 3.05) is 0 Å². The summed E-state index contributed by atoms with van der Waals surface area (Å²) < 4.78 is 2.08. The molecule has 0 aliphatic heterocycles. The molecule has 4 aromatic carbocycles. The summed E-state index contributed by atoms with van der Waals surface area (Å²) in [5, 5.41) is 23.9. The number of hydrogen-bond donors (Lipinski definition) is 1. The van der Waals surface area contributed by atoms with Gasteiger partial charge in [0.05, 0.1) is 45.4 Å². The molecule has 0 amide bonds. The number of nitrogens with one attached hydrogen (secondary N) is 1. The van der Waals surface area contributed by atoms with Crippen LogP contribution in [0.1, 0.15) is 30.5 Å². The van der Waals surface area contributed by atoms with Gasteiger partial charge in [-0.05, 0) is 73.2 Å². The van der Waals surface area contributed by atoms with E-state index in [-0.39, 0.29) is 5.54 Å². The van der Waals surface area contributed by atoms with Crippen molar-refractivity contribution >= 4 is 44.2 Å². The van der Waals surface area contributed by atoms with E-state index in [0.717, 1.165) is 38.1 Å². The van der Waals surface area contributed by atoms with Gasteiger partial charge in [-0.25, -0.2) is 4.98 Å². The Morgan fingerprint density at radius 3 is 2.24 bits per heavy atom. The first-order valence-electron chi connectivity index (χ1n) is 12.0. The van der Waals surface area contributed by atoms with Crippen molar-refractivity contribution in [1.29, 1.82) is 10.5 Å². The molecule has 6 heteroatoms. The van der Waals surface area contributed by atoms with Gasteiger partial charge in [-0.3, -0.25) is 0 Å². The van der Waals surface area contributed by atoms with Crippen molar-refractivity contribution in [2.45, 2.75) is 19.4 Å². The van der Waals surface area contributed by atoms with Crippen molar-refractivity contribution in [3.63, 3.8) is 0 Å². The third kappa shape index (κ3) is 3.77. The summed E-state index contributed by atoms with van der Waals surface area (Å²) in [6.45, 7) is 4.17. The second-order valence-corrected chi connectivity index (χ2v) is 10.0. The van der Waals surface area contributed by atoms with Gasteiger partial charge in [0.1, 0.15) is 5.82 Å². The molecule has 0 saturated carbocycles. The molecule has 0 spiro atoms. The van der Waals surface area contributed by atoms with Crippen LogP contribution in [0, 0.1) is 34.5 Å². The monoisotopic (exact) mass is 509 g/mol. The number of hydrogen-bond acceptors (Lipinski definition) is 3. The minimum Gasteiger partial charge on any atom is -0.338 e. The van der Waals surface area contributed by atoms with E-state index in [1.54, 1.807) is 18.2 Å². The molecule has 0 fully saturated rings. The fraction of sp³-hybridized carbons (Fsp3) is 0.0938. The molecule has 6 aromatic rings. The normalized spacial score (nSPS) is 11.3. The first kappa shape index (κ1) is 23.4. The highest BCUT2D eigenvalue weighted by atomic mass is 35.5. The second-order valence-electron chi connectivity index (χ2n) is 9.61. The molecule has 0 bridgehead atoms. The van der Waals surface area contributed by atoms with Gasteiger partial charge in [-0.2, -0.15) is 10.5 Å². The number of aromatic nitrogens is 3. The summed E-state index contributed by atoms with van der Waals surface area (Å²) in [6.07, 6.45) is 4.03. The smallest absolute Gasteiger partial charge is 0.141 e. The molecule has 180 valence electrons. The molecule has 0 unspecified atom stereocenters. The van der Waals surface area contributed by atoms with Crippen LogP contribution in [0.25, 0.3) is 44.0 Å². The Kier molecular flexibility index (Phi) is 5.43. The van der Waals surface area contributed by atoms with Crippen LogP contribution in [0.4, 0.5) is 0 Å². The number of aromatic amines is 1. The van der Waals surface area contributed by atoms with Crippen LogP contribution in [0.15, 0.2) is 79.1 Å². The Hall–Kier alpha value is -5.02. The SMILES string of the molecule is CC(C)(C#Cc1ccc2c(c1)c1cc(Cl)ccc1c1nc(-c3c(C#N)cccc3C#N)[nH]c21)n1cccc1. The Bertz CT molecular complexity index is 2010. The number of nitrogens with zero attached hydrogens (tertiary/aromatic N) is 4. The predicted octanol–water partition coefficient (Wildman–Crippen LogP) is 7.52. The minimum atomic E-state index is -0.362. The van der Waals surface area contributed by atoms with Crippen LogP contribution >= 0.6 is 11.6 Å². The molecular formula is C32H20ClN5. The average Bonchev–Trinajstić information content (AvgIpc) is 3.63. The van der Waals surface area contributed by atoms with E-state index < -0.39 is 0 Å². The van der Waals surface area contributed by atoms with Crippen LogP contribution in [-0.2, 0) is 5.54 Å². The number of nitriles is 2. The lowest BCUT2D eigenvalue weighted by atomic mass is 9.97. The fourth-order valence-corrected chi connectivity index (χ4v) is 5.05. The summed E-state index contributed by atoms with van der Waals surface area (Å²) in [6, 6.07) is 25.3. The maximum absolute atomic E-state index is 9.72. The zero-order chi connectivity index (χ0) is 26.4. The van der Waals surface area contributed by atoms with Gasteiger partial charge >= 0.3 is 0 Å². The molecule has 0 aliphatic carbocycles. The number of fused-ring (bicyclic) bond motifs is 6. The van der Waals surface area contributed by atoms with Gasteiger partial charge in [0.2, 0.25) is 0 Å². The molecule has 0 atom stereocenters. The van der Waals surface area contributed by atoms with E-state index in [4.69, 9.17) is 16.6 Å². The number of rotatable bonds is 2. The largest absolute Gasteiger partial charge is 0.338 e. The van der Waals surface area contributed by atoms with Gasteiger partial charge in [0, 0.05) is 33.8 Å². The number of imidazole rings is 1. The molecule has 5 nitrogen and oxygen atoms in total. The summed E-state index contributed by atoms with van der Waals surface area (Å²) in [7, 11) is 0. The van der Waals surface area contributed by atoms with Gasteiger partial charge in [-0.1, -0.05) is 41.6 Å². The lowest BCUT2D eigenvalue weighted by Gasteiger charge is -2.20.